The highest BCUT2D eigenvalue weighted by atomic mass is 14.9. The molecule has 0 saturated carbocycles. The molecule has 0 spiro atoms. The van der Waals surface area contributed by atoms with Crippen LogP contribution in [0.3, 0.4) is 0 Å². The average Bonchev–Trinajstić information content (AvgIpc) is 2.70. The fourth-order valence-electron chi connectivity index (χ4n) is 2.72. The van der Waals surface area contributed by atoms with E-state index in [1.807, 2.05) is 0 Å². The predicted octanol–water partition coefficient (Wildman–Crippen LogP) is 3.59. The summed E-state index contributed by atoms with van der Waals surface area (Å²) >= 11 is 0. The smallest absolute Gasteiger partial charge is 0.00174 e. The van der Waals surface area contributed by atoms with Gasteiger partial charge in [-0.1, -0.05) is 52.4 Å². The monoisotopic (exact) mass is 197 g/mol. The molecule has 2 unspecified atom stereocenters. The van der Waals surface area contributed by atoms with Crippen LogP contribution in [0.25, 0.3) is 0 Å². The zero-order valence-electron chi connectivity index (χ0n) is 10.0. The lowest BCUT2D eigenvalue weighted by atomic mass is 9.84. The molecule has 1 rings (SSSR count). The SMILES string of the molecule is CCCCCC(CCC)C1CCNC1. The Balaban J connectivity index is 2.22. The van der Waals surface area contributed by atoms with Crippen molar-refractivity contribution in [2.45, 2.75) is 58.8 Å². The molecule has 1 saturated heterocycles. The van der Waals surface area contributed by atoms with E-state index in [-0.39, 0.29) is 0 Å². The minimum Gasteiger partial charge on any atom is -0.316 e. The Morgan fingerprint density at radius 1 is 1.14 bits per heavy atom. The molecule has 0 amide bonds. The summed E-state index contributed by atoms with van der Waals surface area (Å²) in [6.45, 7) is 7.18. The normalized spacial score (nSPS) is 24.0. The molecule has 0 radical (unpaired) electrons. The Kier molecular flexibility index (Phi) is 6.25. The van der Waals surface area contributed by atoms with E-state index >= 15 is 0 Å². The van der Waals surface area contributed by atoms with Crippen LogP contribution in [0, 0.1) is 11.8 Å². The first-order chi connectivity index (χ1) is 6.88. The number of nitrogens with one attached hydrogen (secondary N) is 1. The lowest BCUT2D eigenvalue weighted by molar-refractivity contribution is 0.302. The summed E-state index contributed by atoms with van der Waals surface area (Å²) in [5.74, 6) is 2.01. The standard InChI is InChI=1S/C13H27N/c1-3-5-6-8-12(7-4-2)13-9-10-14-11-13/h12-14H,3-11H2,1-2H3. The number of hydrogen-bond acceptors (Lipinski definition) is 1. The predicted molar refractivity (Wildman–Crippen MR) is 63.5 cm³/mol. The van der Waals surface area contributed by atoms with Crippen molar-refractivity contribution in [1.82, 2.24) is 5.32 Å². The van der Waals surface area contributed by atoms with Crippen molar-refractivity contribution in [1.29, 1.82) is 0 Å². The van der Waals surface area contributed by atoms with Crippen LogP contribution >= 0.6 is 0 Å². The largest absolute Gasteiger partial charge is 0.316 e. The van der Waals surface area contributed by atoms with Crippen LogP contribution in [0.4, 0.5) is 0 Å². The molecule has 0 aromatic rings. The summed E-state index contributed by atoms with van der Waals surface area (Å²) in [7, 11) is 0. The van der Waals surface area contributed by atoms with Crippen LogP contribution in [-0.4, -0.2) is 13.1 Å². The van der Waals surface area contributed by atoms with Gasteiger partial charge in [0.2, 0.25) is 0 Å². The van der Waals surface area contributed by atoms with E-state index in [1.54, 1.807) is 0 Å². The average molecular weight is 197 g/mol. The van der Waals surface area contributed by atoms with Crippen LogP contribution < -0.4 is 5.32 Å². The second-order valence-electron chi connectivity index (χ2n) is 4.80. The minimum atomic E-state index is 0.992. The van der Waals surface area contributed by atoms with E-state index in [2.05, 4.69) is 19.2 Å². The molecule has 1 aliphatic heterocycles. The van der Waals surface area contributed by atoms with Gasteiger partial charge in [0.15, 0.2) is 0 Å². The maximum Gasteiger partial charge on any atom is -0.00174 e. The molecule has 2 atom stereocenters. The summed E-state index contributed by atoms with van der Waals surface area (Å²) in [6.07, 6.45) is 9.98. The molecule has 1 fully saturated rings. The van der Waals surface area contributed by atoms with E-state index in [0.29, 0.717) is 0 Å². The highest BCUT2D eigenvalue weighted by Crippen LogP contribution is 2.28. The van der Waals surface area contributed by atoms with E-state index in [0.717, 1.165) is 11.8 Å². The fourth-order valence-corrected chi connectivity index (χ4v) is 2.72. The molecule has 1 N–H and O–H groups in total. The maximum atomic E-state index is 3.50. The second-order valence-corrected chi connectivity index (χ2v) is 4.80. The third-order valence-corrected chi connectivity index (χ3v) is 3.60. The lowest BCUT2D eigenvalue weighted by Crippen LogP contribution is -2.18. The Morgan fingerprint density at radius 3 is 2.57 bits per heavy atom. The summed E-state index contributed by atoms with van der Waals surface area (Å²) in [4.78, 5) is 0. The van der Waals surface area contributed by atoms with Gasteiger partial charge in [-0.3, -0.25) is 0 Å². The lowest BCUT2D eigenvalue weighted by Gasteiger charge is -2.22. The molecular weight excluding hydrogens is 170 g/mol. The van der Waals surface area contributed by atoms with E-state index < -0.39 is 0 Å². The van der Waals surface area contributed by atoms with Gasteiger partial charge in [-0.05, 0) is 31.3 Å². The van der Waals surface area contributed by atoms with Crippen LogP contribution in [0.5, 0.6) is 0 Å². The van der Waals surface area contributed by atoms with Crippen LogP contribution in [0.2, 0.25) is 0 Å². The Labute approximate surface area is 89.7 Å². The minimum absolute atomic E-state index is 0.992. The summed E-state index contributed by atoms with van der Waals surface area (Å²) in [6, 6.07) is 0. The van der Waals surface area contributed by atoms with E-state index in [9.17, 15) is 0 Å². The summed E-state index contributed by atoms with van der Waals surface area (Å²) in [5, 5.41) is 3.50. The molecule has 84 valence electrons. The van der Waals surface area contributed by atoms with Gasteiger partial charge < -0.3 is 5.32 Å². The highest BCUT2D eigenvalue weighted by Gasteiger charge is 2.23. The first-order valence-corrected chi connectivity index (χ1v) is 6.59. The molecule has 14 heavy (non-hydrogen) atoms. The molecule has 0 aromatic heterocycles. The molecular formula is C13H27N. The van der Waals surface area contributed by atoms with E-state index in [1.165, 1.54) is 58.0 Å². The van der Waals surface area contributed by atoms with Crippen molar-refractivity contribution in [2.24, 2.45) is 11.8 Å². The third kappa shape index (κ3) is 4.00. The molecule has 0 aromatic carbocycles. The quantitative estimate of drug-likeness (QED) is 0.615. The van der Waals surface area contributed by atoms with Gasteiger partial charge in [-0.25, -0.2) is 0 Å². The molecule has 1 heterocycles. The van der Waals surface area contributed by atoms with Crippen molar-refractivity contribution in [3.63, 3.8) is 0 Å². The second kappa shape index (κ2) is 7.28. The molecule has 0 aliphatic carbocycles. The molecule has 1 nitrogen and oxygen atoms in total. The van der Waals surface area contributed by atoms with Gasteiger partial charge in [0.25, 0.3) is 0 Å². The van der Waals surface area contributed by atoms with Gasteiger partial charge in [-0.15, -0.1) is 0 Å². The van der Waals surface area contributed by atoms with Gasteiger partial charge in [0, 0.05) is 0 Å². The van der Waals surface area contributed by atoms with Crippen LogP contribution in [-0.2, 0) is 0 Å². The van der Waals surface area contributed by atoms with Gasteiger partial charge in [-0.2, -0.15) is 0 Å². The first kappa shape index (κ1) is 12.0. The van der Waals surface area contributed by atoms with Crippen LogP contribution in [0.1, 0.15) is 58.8 Å². The zero-order valence-corrected chi connectivity index (χ0v) is 10.0. The molecule has 0 bridgehead atoms. The number of rotatable bonds is 7. The molecule has 1 aliphatic rings. The van der Waals surface area contributed by atoms with Crippen molar-refractivity contribution in [2.75, 3.05) is 13.1 Å². The fraction of sp³-hybridized carbons (Fsp3) is 1.00. The Hall–Kier alpha value is -0.0400. The van der Waals surface area contributed by atoms with Crippen molar-refractivity contribution >= 4 is 0 Å². The zero-order chi connectivity index (χ0) is 10.2. The van der Waals surface area contributed by atoms with E-state index in [4.69, 9.17) is 0 Å². The van der Waals surface area contributed by atoms with Gasteiger partial charge in [0.1, 0.15) is 0 Å². The highest BCUT2D eigenvalue weighted by molar-refractivity contribution is 4.78. The maximum absolute atomic E-state index is 3.50. The van der Waals surface area contributed by atoms with Gasteiger partial charge >= 0.3 is 0 Å². The molecule has 1 heteroatoms. The Morgan fingerprint density at radius 2 is 2.00 bits per heavy atom. The number of hydrogen-bond donors (Lipinski definition) is 1. The third-order valence-electron chi connectivity index (χ3n) is 3.60. The van der Waals surface area contributed by atoms with Crippen molar-refractivity contribution < 1.29 is 0 Å². The topological polar surface area (TPSA) is 12.0 Å². The Bertz CT molecular complexity index is 127. The first-order valence-electron chi connectivity index (χ1n) is 6.59. The number of unbranched alkanes of at least 4 members (excludes halogenated alkanes) is 2. The summed E-state index contributed by atoms with van der Waals surface area (Å²) in [5.41, 5.74) is 0. The summed E-state index contributed by atoms with van der Waals surface area (Å²) < 4.78 is 0. The van der Waals surface area contributed by atoms with Gasteiger partial charge in [0.05, 0.1) is 0 Å². The van der Waals surface area contributed by atoms with Crippen molar-refractivity contribution in [3.8, 4) is 0 Å². The van der Waals surface area contributed by atoms with Crippen molar-refractivity contribution in [3.05, 3.63) is 0 Å². The van der Waals surface area contributed by atoms with Crippen LogP contribution in [0.15, 0.2) is 0 Å².